The van der Waals surface area contributed by atoms with Crippen molar-refractivity contribution >= 4 is 30.6 Å². The van der Waals surface area contributed by atoms with Crippen molar-refractivity contribution in [3.05, 3.63) is 70.8 Å². The van der Waals surface area contributed by atoms with Crippen LogP contribution in [0.2, 0.25) is 0 Å². The molecule has 236 valence electrons. The van der Waals surface area contributed by atoms with Crippen LogP contribution in [0.3, 0.4) is 0 Å². The highest BCUT2D eigenvalue weighted by atomic mass is 16.6. The number of carbonyl (C=O) groups is 5. The number of amides is 4. The van der Waals surface area contributed by atoms with Gasteiger partial charge < -0.3 is 19.6 Å². The van der Waals surface area contributed by atoms with Crippen LogP contribution in [0.5, 0.6) is 0 Å². The van der Waals surface area contributed by atoms with Gasteiger partial charge in [0.05, 0.1) is 5.54 Å². The molecular formula is C33H47N3O7. The second kappa shape index (κ2) is 17.8. The molecule has 4 rings (SSSR count). The minimum atomic E-state index is -0.551. The van der Waals surface area contributed by atoms with Gasteiger partial charge in [0.15, 0.2) is 0 Å². The van der Waals surface area contributed by atoms with Crippen LogP contribution in [0.15, 0.2) is 48.5 Å². The van der Waals surface area contributed by atoms with Crippen molar-refractivity contribution in [2.45, 2.75) is 84.9 Å². The number of nitrogens with one attached hydrogen (secondary N) is 1. The Balaban J connectivity index is 0.000000717. The lowest BCUT2D eigenvalue weighted by Gasteiger charge is -2.48. The first-order chi connectivity index (χ1) is 20.5. The molecular weight excluding hydrogens is 550 g/mol. The van der Waals surface area contributed by atoms with Gasteiger partial charge in [-0.15, -0.1) is 0 Å². The number of nitrogens with zero attached hydrogens (tertiary/aromatic N) is 2. The number of likely N-dealkylation sites (tertiary alicyclic amines) is 1. The Morgan fingerprint density at radius 3 is 1.93 bits per heavy atom. The zero-order valence-corrected chi connectivity index (χ0v) is 26.5. The number of aldehydes is 1. The minimum Gasteiger partial charge on any atom is -0.444 e. The van der Waals surface area contributed by atoms with Crippen molar-refractivity contribution in [3.63, 3.8) is 0 Å². The van der Waals surface area contributed by atoms with E-state index in [0.717, 1.165) is 36.5 Å². The Morgan fingerprint density at radius 2 is 1.51 bits per heavy atom. The van der Waals surface area contributed by atoms with Crippen molar-refractivity contribution in [2.75, 3.05) is 20.2 Å². The topological polar surface area (TPSA) is 133 Å². The van der Waals surface area contributed by atoms with E-state index in [1.807, 2.05) is 63.8 Å². The molecule has 2 aliphatic rings. The van der Waals surface area contributed by atoms with Crippen LogP contribution in [0.25, 0.3) is 0 Å². The first-order valence-corrected chi connectivity index (χ1v) is 14.5. The molecule has 2 heterocycles. The van der Waals surface area contributed by atoms with E-state index in [2.05, 4.69) is 24.4 Å². The van der Waals surface area contributed by atoms with Crippen molar-refractivity contribution in [2.24, 2.45) is 0 Å². The Labute approximate surface area is 255 Å². The smallest absolute Gasteiger partial charge is 0.410 e. The molecule has 0 aromatic heterocycles. The van der Waals surface area contributed by atoms with Gasteiger partial charge >= 0.3 is 6.09 Å². The maximum atomic E-state index is 12.6. The molecule has 0 spiro atoms. The van der Waals surface area contributed by atoms with Crippen LogP contribution in [-0.4, -0.2) is 71.3 Å². The Hall–Kier alpha value is -4.05. The molecule has 0 unspecified atom stereocenters. The Kier molecular flexibility index (Phi) is 15.3. The summed E-state index contributed by atoms with van der Waals surface area (Å²) in [6.45, 7) is 13.0. The van der Waals surface area contributed by atoms with E-state index >= 15 is 0 Å². The van der Waals surface area contributed by atoms with Crippen molar-refractivity contribution in [1.29, 1.82) is 0 Å². The number of aryl methyl sites for hydroxylation is 1. The molecule has 2 aliphatic heterocycles. The maximum absolute atomic E-state index is 12.6. The van der Waals surface area contributed by atoms with E-state index in [1.165, 1.54) is 0 Å². The van der Waals surface area contributed by atoms with E-state index in [9.17, 15) is 24.0 Å². The summed E-state index contributed by atoms with van der Waals surface area (Å²) in [6, 6.07) is 15.4. The first-order valence-electron chi connectivity index (χ1n) is 14.5. The van der Waals surface area contributed by atoms with Crippen LogP contribution in [0.1, 0.15) is 87.4 Å². The summed E-state index contributed by atoms with van der Waals surface area (Å²) < 4.78 is 5.55. The van der Waals surface area contributed by atoms with Gasteiger partial charge in [0.2, 0.25) is 18.2 Å². The lowest BCUT2D eigenvalue weighted by atomic mass is 9.77. The van der Waals surface area contributed by atoms with Crippen LogP contribution >= 0.6 is 0 Å². The molecule has 0 aliphatic carbocycles. The van der Waals surface area contributed by atoms with Gasteiger partial charge in [-0.1, -0.05) is 62.4 Å². The van der Waals surface area contributed by atoms with E-state index in [-0.39, 0.29) is 17.9 Å². The van der Waals surface area contributed by atoms with E-state index in [1.54, 1.807) is 17.0 Å². The highest BCUT2D eigenvalue weighted by Crippen LogP contribution is 2.41. The summed E-state index contributed by atoms with van der Waals surface area (Å²) in [5, 5.41) is 9.14. The molecule has 2 aromatic rings. The van der Waals surface area contributed by atoms with Crippen molar-refractivity contribution in [3.8, 4) is 0 Å². The minimum absolute atomic E-state index is 0.148. The SMILES string of the molecule is CC.CO.Cc1ccccc1C1(N(C=O)Cc2ccc(C=O)cc2)CCN(C(=O)OC(C)(C)C)CC1.O=C1CCC(=O)N1. The standard InChI is InChI=1S/C26H32N2O4.C4H5NO2.C2H6.CH4O/c1-20-7-5-6-8-23(20)26(13-15-27(16-14-26)24(31)32-25(2,3)4)28(19-30)17-21-9-11-22(18-29)12-10-21;6-3-1-2-4(7)5-3;2*1-2/h5-12,18-19H,13-17H2,1-4H3;1-2H2,(H,5,6,7);1-2H3;2H,1H3. The number of aliphatic hydroxyl groups is 1. The van der Waals surface area contributed by atoms with Gasteiger partial charge in [-0.25, -0.2) is 4.79 Å². The van der Waals surface area contributed by atoms with Crippen molar-refractivity contribution in [1.82, 2.24) is 15.1 Å². The van der Waals surface area contributed by atoms with E-state index in [0.29, 0.717) is 50.9 Å². The third-order valence-electron chi connectivity index (χ3n) is 6.89. The fourth-order valence-electron chi connectivity index (χ4n) is 4.89. The van der Waals surface area contributed by atoms with Crippen LogP contribution in [-0.2, 0) is 31.2 Å². The molecule has 43 heavy (non-hydrogen) atoms. The number of hydrogen-bond donors (Lipinski definition) is 2. The molecule has 2 N–H and O–H groups in total. The number of aliphatic hydroxyl groups excluding tert-OH is 1. The summed E-state index contributed by atoms with van der Waals surface area (Å²) in [4.78, 5) is 59.8. The fraction of sp³-hybridized carbons (Fsp3) is 0.485. The summed E-state index contributed by atoms with van der Waals surface area (Å²) >= 11 is 0. The Morgan fingerprint density at radius 1 is 0.977 bits per heavy atom. The second-order valence-electron chi connectivity index (χ2n) is 10.9. The lowest BCUT2D eigenvalue weighted by Crippen LogP contribution is -2.54. The van der Waals surface area contributed by atoms with E-state index in [4.69, 9.17) is 9.84 Å². The number of hydrogen-bond acceptors (Lipinski definition) is 7. The first kappa shape index (κ1) is 37.0. The van der Waals surface area contributed by atoms with E-state index < -0.39 is 11.1 Å². The van der Waals surface area contributed by atoms with Crippen LogP contribution in [0, 0.1) is 6.92 Å². The summed E-state index contributed by atoms with van der Waals surface area (Å²) in [5.74, 6) is -0.296. The van der Waals surface area contributed by atoms with Crippen molar-refractivity contribution < 1.29 is 33.8 Å². The number of imide groups is 1. The lowest BCUT2D eigenvalue weighted by molar-refractivity contribution is -0.128. The molecule has 2 fully saturated rings. The predicted octanol–water partition coefficient (Wildman–Crippen LogP) is 4.75. The number of ether oxygens (including phenoxy) is 1. The Bertz CT molecular complexity index is 1180. The number of rotatable bonds is 6. The maximum Gasteiger partial charge on any atom is 0.410 e. The zero-order valence-electron chi connectivity index (χ0n) is 26.5. The molecule has 0 atom stereocenters. The summed E-state index contributed by atoms with van der Waals surface area (Å²) in [7, 11) is 1.00. The third kappa shape index (κ3) is 10.9. The monoisotopic (exact) mass is 597 g/mol. The third-order valence-corrected chi connectivity index (χ3v) is 6.89. The van der Waals surface area contributed by atoms with Crippen LogP contribution < -0.4 is 5.32 Å². The molecule has 0 bridgehead atoms. The normalized spacial score (nSPS) is 15.2. The van der Waals surface area contributed by atoms with Gasteiger partial charge in [-0.3, -0.25) is 24.5 Å². The highest BCUT2D eigenvalue weighted by Gasteiger charge is 2.43. The molecule has 0 radical (unpaired) electrons. The fourth-order valence-corrected chi connectivity index (χ4v) is 4.89. The molecule has 10 heteroatoms. The van der Waals surface area contributed by atoms with Gasteiger partial charge in [0.25, 0.3) is 0 Å². The average molecular weight is 598 g/mol. The number of piperidine rings is 1. The molecule has 0 saturated carbocycles. The zero-order chi connectivity index (χ0) is 32.6. The largest absolute Gasteiger partial charge is 0.444 e. The summed E-state index contributed by atoms with van der Waals surface area (Å²) in [6.07, 6.45) is 3.37. The quantitative estimate of drug-likeness (QED) is 0.363. The average Bonchev–Trinajstić information content (AvgIpc) is 3.40. The van der Waals surface area contributed by atoms with Gasteiger partial charge in [-0.05, 0) is 57.2 Å². The number of benzene rings is 2. The molecule has 2 saturated heterocycles. The highest BCUT2D eigenvalue weighted by molar-refractivity contribution is 6.01. The van der Waals surface area contributed by atoms with Crippen LogP contribution in [0.4, 0.5) is 4.79 Å². The molecule has 4 amide bonds. The van der Waals surface area contributed by atoms with Gasteiger partial charge in [-0.2, -0.15) is 0 Å². The predicted molar refractivity (Wildman–Crippen MR) is 165 cm³/mol. The number of carbonyl (C=O) groups excluding carboxylic acids is 5. The van der Waals surface area contributed by atoms with Gasteiger partial charge in [0.1, 0.15) is 11.9 Å². The molecule has 2 aromatic carbocycles. The second-order valence-corrected chi connectivity index (χ2v) is 10.9. The molecule has 10 nitrogen and oxygen atoms in total. The summed E-state index contributed by atoms with van der Waals surface area (Å²) in [5.41, 5.74) is 2.68. The van der Waals surface area contributed by atoms with Gasteiger partial charge in [0, 0.05) is 45.1 Å².